The third kappa shape index (κ3) is 3.14. The lowest BCUT2D eigenvalue weighted by molar-refractivity contribution is 0.0574. The van der Waals surface area contributed by atoms with E-state index in [0.717, 1.165) is 15.6 Å². The molecule has 0 radical (unpaired) electrons. The van der Waals surface area contributed by atoms with Gasteiger partial charge in [-0.2, -0.15) is 0 Å². The Labute approximate surface area is 121 Å². The monoisotopic (exact) mass is 324 g/mol. The molecule has 0 amide bonds. The highest BCUT2D eigenvalue weighted by Crippen LogP contribution is 2.29. The van der Waals surface area contributed by atoms with Gasteiger partial charge in [-0.15, -0.1) is 0 Å². The molecule has 0 bridgehead atoms. The number of halogens is 2. The average molecular weight is 326 g/mol. The smallest absolute Gasteiger partial charge is 0.0909 e. The van der Waals surface area contributed by atoms with Crippen LogP contribution in [0.4, 0.5) is 0 Å². The molecule has 0 fully saturated rings. The van der Waals surface area contributed by atoms with Crippen molar-refractivity contribution in [2.24, 2.45) is 0 Å². The average Bonchev–Trinajstić information content (AvgIpc) is 2.32. The summed E-state index contributed by atoms with van der Waals surface area (Å²) in [5, 5.41) is 11.2. The quantitative estimate of drug-likeness (QED) is 0.877. The van der Waals surface area contributed by atoms with E-state index in [2.05, 4.69) is 15.9 Å². The molecular weight excluding hydrogens is 312 g/mol. The minimum Gasteiger partial charge on any atom is -0.385 e. The standard InChI is InChI=1S/C15H14BrClO/c1-15(18,12-6-4-7-13(17)9-12)10-11-5-2-3-8-14(11)16/h2-9,18H,10H2,1H3. The van der Waals surface area contributed by atoms with E-state index in [1.54, 1.807) is 19.1 Å². The van der Waals surface area contributed by atoms with Crippen molar-refractivity contribution in [1.82, 2.24) is 0 Å². The van der Waals surface area contributed by atoms with E-state index in [9.17, 15) is 5.11 Å². The number of benzene rings is 2. The molecule has 1 nitrogen and oxygen atoms in total. The molecule has 1 atom stereocenters. The molecule has 0 saturated carbocycles. The number of hydrogen-bond donors (Lipinski definition) is 1. The second kappa shape index (κ2) is 5.43. The van der Waals surface area contributed by atoms with Crippen LogP contribution in [-0.4, -0.2) is 5.11 Å². The summed E-state index contributed by atoms with van der Waals surface area (Å²) in [5.41, 5.74) is 0.961. The van der Waals surface area contributed by atoms with Crippen molar-refractivity contribution in [2.45, 2.75) is 18.9 Å². The molecule has 1 unspecified atom stereocenters. The molecular formula is C15H14BrClO. The Morgan fingerprint density at radius 1 is 1.17 bits per heavy atom. The van der Waals surface area contributed by atoms with Crippen LogP contribution in [0.1, 0.15) is 18.1 Å². The molecule has 2 rings (SSSR count). The Kier molecular flexibility index (Phi) is 4.10. The van der Waals surface area contributed by atoms with Gasteiger partial charge in [0.1, 0.15) is 0 Å². The maximum absolute atomic E-state index is 10.6. The fourth-order valence-electron chi connectivity index (χ4n) is 1.94. The third-order valence-electron chi connectivity index (χ3n) is 2.94. The largest absolute Gasteiger partial charge is 0.385 e. The fourth-order valence-corrected chi connectivity index (χ4v) is 2.55. The zero-order valence-corrected chi connectivity index (χ0v) is 12.4. The van der Waals surface area contributed by atoms with Crippen LogP contribution in [0.2, 0.25) is 5.02 Å². The molecule has 0 aliphatic carbocycles. The minimum atomic E-state index is -0.936. The lowest BCUT2D eigenvalue weighted by Crippen LogP contribution is -2.24. The van der Waals surface area contributed by atoms with Gasteiger partial charge in [-0.1, -0.05) is 57.9 Å². The van der Waals surface area contributed by atoms with Crippen LogP contribution in [-0.2, 0) is 12.0 Å². The van der Waals surface area contributed by atoms with Gasteiger partial charge in [0.05, 0.1) is 5.60 Å². The normalized spacial score (nSPS) is 14.2. The predicted molar refractivity (Wildman–Crippen MR) is 78.9 cm³/mol. The molecule has 0 aromatic heterocycles. The topological polar surface area (TPSA) is 20.2 Å². The van der Waals surface area contributed by atoms with Gasteiger partial charge in [0.15, 0.2) is 0 Å². The summed E-state index contributed by atoms with van der Waals surface area (Å²) in [7, 11) is 0. The summed E-state index contributed by atoms with van der Waals surface area (Å²) >= 11 is 9.46. The van der Waals surface area contributed by atoms with Crippen LogP contribution in [0.3, 0.4) is 0 Å². The van der Waals surface area contributed by atoms with Crippen molar-refractivity contribution < 1.29 is 5.11 Å². The summed E-state index contributed by atoms with van der Waals surface area (Å²) in [4.78, 5) is 0. The van der Waals surface area contributed by atoms with Gasteiger partial charge in [-0.05, 0) is 36.2 Å². The van der Waals surface area contributed by atoms with E-state index in [4.69, 9.17) is 11.6 Å². The first-order valence-electron chi connectivity index (χ1n) is 5.71. The molecule has 94 valence electrons. The zero-order valence-electron chi connectivity index (χ0n) is 10.0. The van der Waals surface area contributed by atoms with Gasteiger partial charge in [0, 0.05) is 15.9 Å². The molecule has 2 aromatic rings. The second-order valence-electron chi connectivity index (χ2n) is 4.55. The molecule has 0 heterocycles. The van der Waals surface area contributed by atoms with Crippen LogP contribution < -0.4 is 0 Å². The van der Waals surface area contributed by atoms with E-state index < -0.39 is 5.60 Å². The highest BCUT2D eigenvalue weighted by molar-refractivity contribution is 9.10. The first-order valence-corrected chi connectivity index (χ1v) is 6.88. The van der Waals surface area contributed by atoms with Gasteiger partial charge in [0.2, 0.25) is 0 Å². The first kappa shape index (κ1) is 13.6. The van der Waals surface area contributed by atoms with E-state index in [0.29, 0.717) is 11.4 Å². The Morgan fingerprint density at radius 3 is 2.56 bits per heavy atom. The molecule has 2 aromatic carbocycles. The van der Waals surface area contributed by atoms with Gasteiger partial charge in [-0.25, -0.2) is 0 Å². The predicted octanol–water partition coefficient (Wildman–Crippen LogP) is 4.55. The number of rotatable bonds is 3. The van der Waals surface area contributed by atoms with Gasteiger partial charge in [-0.3, -0.25) is 0 Å². The van der Waals surface area contributed by atoms with Crippen molar-refractivity contribution in [2.75, 3.05) is 0 Å². The maximum Gasteiger partial charge on any atom is 0.0909 e. The highest BCUT2D eigenvalue weighted by atomic mass is 79.9. The highest BCUT2D eigenvalue weighted by Gasteiger charge is 2.24. The van der Waals surface area contributed by atoms with Crippen molar-refractivity contribution >= 4 is 27.5 Å². The van der Waals surface area contributed by atoms with Crippen LogP contribution in [0.5, 0.6) is 0 Å². The molecule has 0 spiro atoms. The van der Waals surface area contributed by atoms with Gasteiger partial charge >= 0.3 is 0 Å². The van der Waals surface area contributed by atoms with Crippen molar-refractivity contribution in [3.63, 3.8) is 0 Å². The van der Waals surface area contributed by atoms with Crippen LogP contribution in [0, 0.1) is 0 Å². The van der Waals surface area contributed by atoms with Crippen molar-refractivity contribution in [1.29, 1.82) is 0 Å². The zero-order chi connectivity index (χ0) is 13.2. The first-order chi connectivity index (χ1) is 8.49. The van der Waals surface area contributed by atoms with Gasteiger partial charge in [0.25, 0.3) is 0 Å². The van der Waals surface area contributed by atoms with E-state index in [-0.39, 0.29) is 0 Å². The van der Waals surface area contributed by atoms with Crippen LogP contribution in [0.15, 0.2) is 53.0 Å². The van der Waals surface area contributed by atoms with Crippen LogP contribution >= 0.6 is 27.5 Å². The van der Waals surface area contributed by atoms with Crippen LogP contribution in [0.25, 0.3) is 0 Å². The summed E-state index contributed by atoms with van der Waals surface area (Å²) < 4.78 is 1.01. The number of hydrogen-bond acceptors (Lipinski definition) is 1. The fraction of sp³-hybridized carbons (Fsp3) is 0.200. The lowest BCUT2D eigenvalue weighted by Gasteiger charge is -2.24. The molecule has 3 heteroatoms. The van der Waals surface area contributed by atoms with Crippen molar-refractivity contribution in [3.8, 4) is 0 Å². The molecule has 1 N–H and O–H groups in total. The summed E-state index contributed by atoms with van der Waals surface area (Å²) in [6, 6.07) is 15.3. The third-order valence-corrected chi connectivity index (χ3v) is 3.95. The summed E-state index contributed by atoms with van der Waals surface area (Å²) in [6.07, 6.45) is 0.536. The van der Waals surface area contributed by atoms with E-state index >= 15 is 0 Å². The van der Waals surface area contributed by atoms with Gasteiger partial charge < -0.3 is 5.11 Å². The Hall–Kier alpha value is -0.830. The second-order valence-corrected chi connectivity index (χ2v) is 5.84. The van der Waals surface area contributed by atoms with E-state index in [1.165, 1.54) is 0 Å². The Balaban J connectivity index is 2.30. The molecule has 0 aliphatic heterocycles. The molecule has 0 aliphatic rings. The summed E-state index contributed by atoms with van der Waals surface area (Å²) in [5.74, 6) is 0. The minimum absolute atomic E-state index is 0.536. The maximum atomic E-state index is 10.6. The lowest BCUT2D eigenvalue weighted by atomic mass is 9.89. The van der Waals surface area contributed by atoms with E-state index in [1.807, 2.05) is 36.4 Å². The molecule has 0 saturated heterocycles. The number of aliphatic hydroxyl groups is 1. The SMILES string of the molecule is CC(O)(Cc1ccccc1Br)c1cccc(Cl)c1. The summed E-state index contributed by atoms with van der Waals surface area (Å²) in [6.45, 7) is 1.80. The Bertz CT molecular complexity index is 552. The molecule has 18 heavy (non-hydrogen) atoms. The van der Waals surface area contributed by atoms with Crippen molar-refractivity contribution in [3.05, 3.63) is 69.2 Å². The Morgan fingerprint density at radius 2 is 1.89 bits per heavy atom.